The minimum atomic E-state index is -2.89. The van der Waals surface area contributed by atoms with Gasteiger partial charge in [0.05, 0.1) is 6.61 Å². The number of ether oxygens (including phenoxy) is 2. The Morgan fingerprint density at radius 3 is 2.75 bits per heavy atom. The van der Waals surface area contributed by atoms with Crippen LogP contribution in [0.15, 0.2) is 24.4 Å². The molecule has 0 aliphatic rings. The van der Waals surface area contributed by atoms with Crippen molar-refractivity contribution in [1.82, 2.24) is 4.98 Å². The highest BCUT2D eigenvalue weighted by Crippen LogP contribution is 2.35. The minimum Gasteiger partial charge on any atom is -0.490 e. The number of nitrogens with two attached hydrogens (primary N) is 1. The molecular formula is C13H14F2N2O2S. The Hall–Kier alpha value is -1.73. The Morgan fingerprint density at radius 1 is 1.35 bits per heavy atom. The molecule has 20 heavy (non-hydrogen) atoms. The van der Waals surface area contributed by atoms with Crippen LogP contribution in [-0.2, 0) is 6.54 Å². The predicted molar refractivity (Wildman–Crippen MR) is 73.2 cm³/mol. The number of aromatic nitrogens is 1. The lowest BCUT2D eigenvalue weighted by molar-refractivity contribution is -0.0514. The smallest absolute Gasteiger partial charge is 0.387 e. The maximum Gasteiger partial charge on any atom is 0.387 e. The summed E-state index contributed by atoms with van der Waals surface area (Å²) in [6, 6.07) is 4.76. The zero-order valence-electron chi connectivity index (χ0n) is 10.8. The quantitative estimate of drug-likeness (QED) is 0.889. The van der Waals surface area contributed by atoms with Crippen molar-refractivity contribution in [2.24, 2.45) is 5.73 Å². The molecule has 108 valence electrons. The molecule has 2 aromatic rings. The Kier molecular flexibility index (Phi) is 4.86. The fourth-order valence-corrected chi connectivity index (χ4v) is 2.43. The van der Waals surface area contributed by atoms with E-state index < -0.39 is 6.61 Å². The lowest BCUT2D eigenvalue weighted by atomic mass is 10.2. The van der Waals surface area contributed by atoms with Gasteiger partial charge in [-0.3, -0.25) is 0 Å². The second kappa shape index (κ2) is 6.62. The first-order valence-corrected chi connectivity index (χ1v) is 6.82. The number of thiazole rings is 1. The zero-order chi connectivity index (χ0) is 14.5. The molecule has 0 unspecified atom stereocenters. The van der Waals surface area contributed by atoms with Crippen LogP contribution in [0.3, 0.4) is 0 Å². The third-order valence-electron chi connectivity index (χ3n) is 2.46. The Labute approximate surface area is 119 Å². The van der Waals surface area contributed by atoms with Gasteiger partial charge < -0.3 is 15.2 Å². The van der Waals surface area contributed by atoms with Crippen molar-refractivity contribution in [3.05, 3.63) is 29.3 Å². The highest BCUT2D eigenvalue weighted by molar-refractivity contribution is 7.15. The number of halogens is 2. The van der Waals surface area contributed by atoms with Gasteiger partial charge in [0.15, 0.2) is 11.5 Å². The molecule has 0 radical (unpaired) electrons. The van der Waals surface area contributed by atoms with Crippen LogP contribution in [0.4, 0.5) is 8.78 Å². The van der Waals surface area contributed by atoms with Gasteiger partial charge in [-0.2, -0.15) is 8.78 Å². The van der Waals surface area contributed by atoms with Crippen LogP contribution in [0.1, 0.15) is 11.8 Å². The molecule has 0 spiro atoms. The SMILES string of the molecule is CCOc1cc(-c2ncc(CN)s2)ccc1OC(F)F. The highest BCUT2D eigenvalue weighted by atomic mass is 32.1. The van der Waals surface area contributed by atoms with E-state index in [9.17, 15) is 8.78 Å². The van der Waals surface area contributed by atoms with Gasteiger partial charge in [0, 0.05) is 23.2 Å². The van der Waals surface area contributed by atoms with Gasteiger partial charge in [-0.25, -0.2) is 4.98 Å². The molecule has 0 amide bonds. The summed E-state index contributed by atoms with van der Waals surface area (Å²) in [4.78, 5) is 5.19. The van der Waals surface area contributed by atoms with Crippen LogP contribution in [0.25, 0.3) is 10.6 Å². The molecule has 1 aromatic heterocycles. The van der Waals surface area contributed by atoms with Crippen LogP contribution < -0.4 is 15.2 Å². The molecule has 1 heterocycles. The fraction of sp³-hybridized carbons (Fsp3) is 0.308. The van der Waals surface area contributed by atoms with Gasteiger partial charge in [0.25, 0.3) is 0 Å². The zero-order valence-corrected chi connectivity index (χ0v) is 11.6. The van der Waals surface area contributed by atoms with E-state index in [0.29, 0.717) is 13.2 Å². The van der Waals surface area contributed by atoms with E-state index in [0.717, 1.165) is 15.4 Å². The number of rotatable bonds is 6. The molecule has 0 fully saturated rings. The van der Waals surface area contributed by atoms with E-state index in [1.807, 2.05) is 0 Å². The molecule has 0 saturated heterocycles. The van der Waals surface area contributed by atoms with E-state index in [-0.39, 0.29) is 11.5 Å². The number of hydrogen-bond donors (Lipinski definition) is 1. The molecular weight excluding hydrogens is 286 g/mol. The van der Waals surface area contributed by atoms with Crippen molar-refractivity contribution in [1.29, 1.82) is 0 Å². The van der Waals surface area contributed by atoms with Gasteiger partial charge >= 0.3 is 6.61 Å². The highest BCUT2D eigenvalue weighted by Gasteiger charge is 2.13. The first-order valence-electron chi connectivity index (χ1n) is 6.00. The molecule has 2 rings (SSSR count). The summed E-state index contributed by atoms with van der Waals surface area (Å²) in [6.07, 6.45) is 1.70. The molecule has 7 heteroatoms. The van der Waals surface area contributed by atoms with E-state index in [4.69, 9.17) is 10.5 Å². The number of nitrogens with zero attached hydrogens (tertiary/aromatic N) is 1. The molecule has 0 bridgehead atoms. The van der Waals surface area contributed by atoms with Crippen LogP contribution in [0, 0.1) is 0 Å². The van der Waals surface area contributed by atoms with Gasteiger partial charge in [-0.05, 0) is 25.1 Å². The second-order valence-electron chi connectivity index (χ2n) is 3.81. The van der Waals surface area contributed by atoms with Crippen molar-refractivity contribution < 1.29 is 18.3 Å². The topological polar surface area (TPSA) is 57.4 Å². The van der Waals surface area contributed by atoms with E-state index in [1.165, 1.54) is 17.4 Å². The predicted octanol–water partition coefficient (Wildman–Crippen LogP) is 3.27. The summed E-state index contributed by atoms with van der Waals surface area (Å²) in [7, 11) is 0. The number of benzene rings is 1. The maximum absolute atomic E-state index is 12.3. The standard InChI is InChI=1S/C13H14F2N2O2S/c1-2-18-11-5-8(3-4-10(11)19-13(14)15)12-17-7-9(6-16)20-12/h3-5,7,13H,2,6,16H2,1H3. The fourth-order valence-electron chi connectivity index (χ4n) is 1.64. The van der Waals surface area contributed by atoms with Crippen molar-refractivity contribution in [2.45, 2.75) is 20.1 Å². The van der Waals surface area contributed by atoms with Crippen LogP contribution in [0.5, 0.6) is 11.5 Å². The normalized spacial score (nSPS) is 10.8. The Morgan fingerprint density at radius 2 is 2.15 bits per heavy atom. The van der Waals surface area contributed by atoms with Crippen molar-refractivity contribution in [3.63, 3.8) is 0 Å². The van der Waals surface area contributed by atoms with Crippen LogP contribution >= 0.6 is 11.3 Å². The van der Waals surface area contributed by atoms with Crippen LogP contribution in [0.2, 0.25) is 0 Å². The third-order valence-corrected chi connectivity index (χ3v) is 3.53. The Bertz CT molecular complexity index is 575. The molecule has 0 saturated carbocycles. The largest absolute Gasteiger partial charge is 0.490 e. The molecule has 0 atom stereocenters. The molecule has 4 nitrogen and oxygen atoms in total. The summed E-state index contributed by atoms with van der Waals surface area (Å²) < 4.78 is 34.4. The second-order valence-corrected chi connectivity index (χ2v) is 4.92. The Balaban J connectivity index is 2.33. The average molecular weight is 300 g/mol. The monoisotopic (exact) mass is 300 g/mol. The number of alkyl halides is 2. The summed E-state index contributed by atoms with van der Waals surface area (Å²) in [5.74, 6) is 0.288. The number of hydrogen-bond acceptors (Lipinski definition) is 5. The molecule has 2 N–H and O–H groups in total. The van der Waals surface area contributed by atoms with E-state index >= 15 is 0 Å². The first-order chi connectivity index (χ1) is 9.63. The van der Waals surface area contributed by atoms with Crippen LogP contribution in [-0.4, -0.2) is 18.2 Å². The lowest BCUT2D eigenvalue weighted by Crippen LogP contribution is -2.04. The van der Waals surface area contributed by atoms with Crippen molar-refractivity contribution in [2.75, 3.05) is 6.61 Å². The minimum absolute atomic E-state index is 0.0150. The van der Waals surface area contributed by atoms with Gasteiger partial charge in [0.1, 0.15) is 5.01 Å². The first kappa shape index (κ1) is 14.7. The molecule has 0 aliphatic carbocycles. The van der Waals surface area contributed by atoms with Gasteiger partial charge in [0.2, 0.25) is 0 Å². The van der Waals surface area contributed by atoms with Gasteiger partial charge in [-0.15, -0.1) is 11.3 Å². The summed E-state index contributed by atoms with van der Waals surface area (Å²) in [5.41, 5.74) is 6.32. The van der Waals surface area contributed by atoms with E-state index in [2.05, 4.69) is 9.72 Å². The molecule has 0 aliphatic heterocycles. The van der Waals surface area contributed by atoms with Crippen molar-refractivity contribution >= 4 is 11.3 Å². The summed E-state index contributed by atoms with van der Waals surface area (Å²) >= 11 is 1.45. The lowest BCUT2D eigenvalue weighted by Gasteiger charge is -2.12. The summed E-state index contributed by atoms with van der Waals surface area (Å²) in [6.45, 7) is -0.338. The van der Waals surface area contributed by atoms with Gasteiger partial charge in [-0.1, -0.05) is 0 Å². The van der Waals surface area contributed by atoms with E-state index in [1.54, 1.807) is 25.3 Å². The van der Waals surface area contributed by atoms with Crippen molar-refractivity contribution in [3.8, 4) is 22.1 Å². The molecule has 1 aromatic carbocycles. The third kappa shape index (κ3) is 3.43. The maximum atomic E-state index is 12.3. The summed E-state index contributed by atoms with van der Waals surface area (Å²) in [5, 5.41) is 0.759. The average Bonchev–Trinajstić information content (AvgIpc) is 2.89.